The molecule has 3 aromatic rings. The van der Waals surface area contributed by atoms with Crippen LogP contribution in [-0.2, 0) is 14.3 Å². The van der Waals surface area contributed by atoms with E-state index in [2.05, 4.69) is 15.4 Å². The molecule has 0 fully saturated rings. The number of methoxy groups -OCH3 is 1. The lowest BCUT2D eigenvalue weighted by Crippen LogP contribution is -2.30. The van der Waals surface area contributed by atoms with Gasteiger partial charge in [-0.05, 0) is 54.1 Å². The summed E-state index contributed by atoms with van der Waals surface area (Å²) >= 11 is 13.5. The van der Waals surface area contributed by atoms with Gasteiger partial charge in [-0.1, -0.05) is 53.5 Å². The number of benzene rings is 3. The van der Waals surface area contributed by atoms with E-state index in [1.165, 1.54) is 24.9 Å². The summed E-state index contributed by atoms with van der Waals surface area (Å²) in [5.74, 6) is -1.21. The first kappa shape index (κ1) is 25.4. The van der Waals surface area contributed by atoms with Gasteiger partial charge in [-0.15, -0.1) is 11.8 Å². The maximum Gasteiger partial charge on any atom is 0.315 e. The quantitative estimate of drug-likeness (QED) is 0.230. The van der Waals surface area contributed by atoms with Crippen molar-refractivity contribution in [3.8, 4) is 0 Å². The molecule has 0 aliphatic heterocycles. The van der Waals surface area contributed by atoms with Crippen LogP contribution in [0, 0.1) is 0 Å². The van der Waals surface area contributed by atoms with Crippen LogP contribution in [0.15, 0.2) is 83.4 Å². The number of hydrogen-bond donors (Lipinski definition) is 2. The molecule has 0 aliphatic rings. The zero-order chi connectivity index (χ0) is 24.5. The van der Waals surface area contributed by atoms with E-state index >= 15 is 0 Å². The molecule has 0 radical (unpaired) electrons. The number of carbonyl (C=O) groups is 3. The van der Waals surface area contributed by atoms with E-state index in [1.807, 2.05) is 6.07 Å². The molecule has 0 saturated heterocycles. The lowest BCUT2D eigenvalue weighted by molar-refractivity contribution is -0.137. The van der Waals surface area contributed by atoms with E-state index in [1.54, 1.807) is 66.7 Å². The summed E-state index contributed by atoms with van der Waals surface area (Å²) in [7, 11) is 1.32. The van der Waals surface area contributed by atoms with E-state index in [9.17, 15) is 14.4 Å². The van der Waals surface area contributed by atoms with Crippen LogP contribution in [0.3, 0.4) is 0 Å². The van der Waals surface area contributed by atoms with Gasteiger partial charge < -0.3 is 15.4 Å². The minimum absolute atomic E-state index is 0.00862. The molecule has 34 heavy (non-hydrogen) atoms. The average Bonchev–Trinajstić information content (AvgIpc) is 2.84. The van der Waals surface area contributed by atoms with Crippen molar-refractivity contribution in [3.05, 3.63) is 99.7 Å². The Bertz CT molecular complexity index is 1230. The zero-order valence-corrected chi connectivity index (χ0v) is 20.3. The molecular formula is C25H20Cl2N2O4S. The number of amides is 2. The van der Waals surface area contributed by atoms with Crippen molar-refractivity contribution in [2.75, 3.05) is 18.2 Å². The molecule has 0 bridgehead atoms. The second kappa shape index (κ2) is 12.3. The number of carbonyl (C=O) groups excluding carboxylic acids is 3. The highest BCUT2D eigenvalue weighted by molar-refractivity contribution is 8.00. The Labute approximate surface area is 211 Å². The Kier molecular flexibility index (Phi) is 9.16. The van der Waals surface area contributed by atoms with Gasteiger partial charge in [0.15, 0.2) is 0 Å². The van der Waals surface area contributed by atoms with Crippen LogP contribution in [0.2, 0.25) is 10.0 Å². The van der Waals surface area contributed by atoms with Gasteiger partial charge in [0.05, 0.1) is 12.9 Å². The Hall–Kier alpha value is -3.26. The van der Waals surface area contributed by atoms with Gasteiger partial charge in [-0.25, -0.2) is 0 Å². The van der Waals surface area contributed by atoms with Crippen LogP contribution >= 0.6 is 35.0 Å². The molecule has 0 unspecified atom stereocenters. The monoisotopic (exact) mass is 514 g/mol. The lowest BCUT2D eigenvalue weighted by Gasteiger charge is -2.12. The molecular weight excluding hydrogens is 495 g/mol. The molecule has 0 aliphatic carbocycles. The molecule has 0 spiro atoms. The first-order valence-electron chi connectivity index (χ1n) is 10.00. The topological polar surface area (TPSA) is 84.5 Å². The highest BCUT2D eigenvalue weighted by atomic mass is 35.5. The van der Waals surface area contributed by atoms with Crippen LogP contribution in [0.25, 0.3) is 6.08 Å². The van der Waals surface area contributed by atoms with Crippen molar-refractivity contribution in [2.24, 2.45) is 0 Å². The van der Waals surface area contributed by atoms with E-state index in [-0.39, 0.29) is 17.4 Å². The normalized spacial score (nSPS) is 11.0. The van der Waals surface area contributed by atoms with E-state index in [4.69, 9.17) is 23.2 Å². The Morgan fingerprint density at radius 3 is 2.44 bits per heavy atom. The lowest BCUT2D eigenvalue weighted by atomic mass is 10.1. The Balaban J connectivity index is 1.85. The van der Waals surface area contributed by atoms with Crippen molar-refractivity contribution >= 4 is 64.5 Å². The first-order chi connectivity index (χ1) is 16.4. The molecule has 6 nitrogen and oxygen atoms in total. The van der Waals surface area contributed by atoms with Gasteiger partial charge in [0.2, 0.25) is 0 Å². The number of hydrogen-bond acceptors (Lipinski definition) is 5. The minimum Gasteiger partial charge on any atom is -0.468 e. The van der Waals surface area contributed by atoms with Gasteiger partial charge in [0.25, 0.3) is 11.8 Å². The molecule has 3 rings (SSSR count). The average molecular weight is 515 g/mol. The van der Waals surface area contributed by atoms with Crippen LogP contribution in [0.1, 0.15) is 15.9 Å². The largest absolute Gasteiger partial charge is 0.468 e. The maximum atomic E-state index is 13.1. The fourth-order valence-electron chi connectivity index (χ4n) is 2.78. The van der Waals surface area contributed by atoms with Gasteiger partial charge >= 0.3 is 5.97 Å². The number of thioether (sulfide) groups is 1. The summed E-state index contributed by atoms with van der Waals surface area (Å²) in [6, 6.07) is 20.3. The van der Waals surface area contributed by atoms with Crippen molar-refractivity contribution < 1.29 is 19.1 Å². The van der Waals surface area contributed by atoms with E-state index in [0.717, 1.165) is 4.90 Å². The third-order valence-electron chi connectivity index (χ3n) is 4.47. The Morgan fingerprint density at radius 2 is 1.74 bits per heavy atom. The molecule has 2 N–H and O–H groups in total. The van der Waals surface area contributed by atoms with Gasteiger partial charge in [0, 0.05) is 26.2 Å². The second-order valence-electron chi connectivity index (χ2n) is 6.89. The smallest absolute Gasteiger partial charge is 0.315 e. The van der Waals surface area contributed by atoms with Crippen LogP contribution in [-0.4, -0.2) is 30.6 Å². The molecule has 2 amide bonds. The van der Waals surface area contributed by atoms with Gasteiger partial charge in [0.1, 0.15) is 5.70 Å². The molecule has 0 aromatic heterocycles. The standard InChI is InChI=1S/C25H20Cl2N2O4S/c1-33-23(30)15-34-20-9-5-8-19(14-20)28-25(32)22(12-17-10-11-18(26)13-21(17)27)29-24(31)16-6-3-2-4-7-16/h2-14H,15H2,1H3,(H,28,32)(H,29,31)/b22-12+. The van der Waals surface area contributed by atoms with Gasteiger partial charge in [-0.3, -0.25) is 14.4 Å². The van der Waals surface area contributed by atoms with Crippen molar-refractivity contribution in [1.29, 1.82) is 0 Å². The van der Waals surface area contributed by atoms with Crippen LogP contribution in [0.5, 0.6) is 0 Å². The maximum absolute atomic E-state index is 13.1. The number of esters is 1. The number of halogens is 2. The third kappa shape index (κ3) is 7.38. The van der Waals surface area contributed by atoms with E-state index in [0.29, 0.717) is 26.9 Å². The molecule has 0 atom stereocenters. The highest BCUT2D eigenvalue weighted by Gasteiger charge is 2.16. The first-order valence-corrected chi connectivity index (χ1v) is 11.7. The minimum atomic E-state index is -0.551. The molecule has 0 saturated carbocycles. The van der Waals surface area contributed by atoms with Crippen molar-refractivity contribution in [2.45, 2.75) is 4.90 Å². The zero-order valence-electron chi connectivity index (χ0n) is 18.0. The summed E-state index contributed by atoms with van der Waals surface area (Å²) in [5.41, 5.74) is 1.38. The molecule has 3 aromatic carbocycles. The van der Waals surface area contributed by atoms with Crippen molar-refractivity contribution in [1.82, 2.24) is 5.32 Å². The second-order valence-corrected chi connectivity index (χ2v) is 8.78. The third-order valence-corrected chi connectivity index (χ3v) is 6.00. The predicted octanol–water partition coefficient (Wildman–Crippen LogP) is 5.67. The van der Waals surface area contributed by atoms with E-state index < -0.39 is 11.8 Å². The molecule has 9 heteroatoms. The van der Waals surface area contributed by atoms with Crippen LogP contribution < -0.4 is 10.6 Å². The number of ether oxygens (including phenoxy) is 1. The summed E-state index contributed by atoms with van der Waals surface area (Å²) in [5, 5.41) is 6.20. The molecule has 0 heterocycles. The summed E-state index contributed by atoms with van der Waals surface area (Å²) in [6.45, 7) is 0. The fraction of sp³-hybridized carbons (Fsp3) is 0.0800. The number of nitrogens with one attached hydrogen (secondary N) is 2. The molecule has 174 valence electrons. The Morgan fingerprint density at radius 1 is 0.971 bits per heavy atom. The van der Waals surface area contributed by atoms with Crippen LogP contribution in [0.4, 0.5) is 5.69 Å². The number of rotatable bonds is 8. The summed E-state index contributed by atoms with van der Waals surface area (Å²) < 4.78 is 4.65. The highest BCUT2D eigenvalue weighted by Crippen LogP contribution is 2.24. The number of anilines is 1. The SMILES string of the molecule is COC(=O)CSc1cccc(NC(=O)/C(=C\c2ccc(Cl)cc2Cl)NC(=O)c2ccccc2)c1. The summed E-state index contributed by atoms with van der Waals surface area (Å²) in [6.07, 6.45) is 1.48. The van der Waals surface area contributed by atoms with Crippen molar-refractivity contribution in [3.63, 3.8) is 0 Å². The summed E-state index contributed by atoms with van der Waals surface area (Å²) in [4.78, 5) is 38.0. The van der Waals surface area contributed by atoms with Gasteiger partial charge in [-0.2, -0.15) is 0 Å². The predicted molar refractivity (Wildman–Crippen MR) is 136 cm³/mol. The fourth-order valence-corrected chi connectivity index (χ4v) is 4.03.